The molecule has 0 amide bonds. The van der Waals surface area contributed by atoms with Gasteiger partial charge in [-0.3, -0.25) is 4.98 Å². The second kappa shape index (κ2) is 5.83. The highest BCUT2D eigenvalue weighted by Gasteiger charge is 2.26. The van der Waals surface area contributed by atoms with Gasteiger partial charge in [0.2, 0.25) is 0 Å². The summed E-state index contributed by atoms with van der Waals surface area (Å²) in [5.74, 6) is -0.326. The van der Waals surface area contributed by atoms with Crippen LogP contribution in [-0.4, -0.2) is 19.5 Å². The monoisotopic (exact) mass is 350 g/mol. The fourth-order valence-corrected chi connectivity index (χ4v) is 3.64. The third kappa shape index (κ3) is 2.29. The number of fused-ring (bicyclic) bond motifs is 2. The summed E-state index contributed by atoms with van der Waals surface area (Å²) in [6.45, 7) is 0.503. The van der Waals surface area contributed by atoms with E-state index in [2.05, 4.69) is 14.5 Å². The summed E-state index contributed by atoms with van der Waals surface area (Å²) >= 11 is 0. The average molecular weight is 350 g/mol. The molecule has 1 fully saturated rings. The summed E-state index contributed by atoms with van der Waals surface area (Å²) in [6, 6.07) is 8.43. The zero-order valence-corrected chi connectivity index (χ0v) is 14.0. The molecular weight excluding hydrogens is 334 g/mol. The van der Waals surface area contributed by atoms with Crippen LogP contribution in [0.25, 0.3) is 22.1 Å². The molecule has 0 aliphatic heterocycles. The molecule has 5 rings (SSSR count). The summed E-state index contributed by atoms with van der Waals surface area (Å²) in [4.78, 5) is 13.3. The highest BCUT2D eigenvalue weighted by molar-refractivity contribution is 5.83. The van der Waals surface area contributed by atoms with Crippen molar-refractivity contribution in [2.24, 2.45) is 0 Å². The molecular formula is C20H16F2N4. The molecule has 0 radical (unpaired) electrons. The van der Waals surface area contributed by atoms with Gasteiger partial charge in [-0.1, -0.05) is 6.42 Å². The van der Waals surface area contributed by atoms with Gasteiger partial charge >= 0.3 is 0 Å². The van der Waals surface area contributed by atoms with E-state index in [9.17, 15) is 8.78 Å². The molecule has 1 aliphatic carbocycles. The zero-order chi connectivity index (χ0) is 17.7. The van der Waals surface area contributed by atoms with Gasteiger partial charge in [0.25, 0.3) is 0 Å². The highest BCUT2D eigenvalue weighted by Crippen LogP contribution is 2.37. The molecule has 4 nitrogen and oxygen atoms in total. The van der Waals surface area contributed by atoms with Gasteiger partial charge < -0.3 is 4.57 Å². The molecule has 4 aromatic rings. The summed E-state index contributed by atoms with van der Waals surface area (Å²) in [7, 11) is 0. The number of hydrogen-bond acceptors (Lipinski definition) is 3. The van der Waals surface area contributed by atoms with Crippen LogP contribution in [0.15, 0.2) is 42.7 Å². The molecule has 130 valence electrons. The van der Waals surface area contributed by atoms with E-state index >= 15 is 0 Å². The molecule has 0 bridgehead atoms. The fourth-order valence-electron chi connectivity index (χ4n) is 3.64. The number of nitrogens with zero attached hydrogens (tertiary/aromatic N) is 4. The second-order valence-electron chi connectivity index (χ2n) is 6.76. The normalized spacial score (nSPS) is 14.8. The van der Waals surface area contributed by atoms with Gasteiger partial charge in [-0.15, -0.1) is 0 Å². The van der Waals surface area contributed by atoms with E-state index in [4.69, 9.17) is 4.98 Å². The molecule has 0 unspecified atom stereocenters. The Bertz CT molecular complexity index is 1130. The largest absolute Gasteiger partial charge is 0.308 e. The van der Waals surface area contributed by atoms with Gasteiger partial charge in [-0.25, -0.2) is 18.7 Å². The van der Waals surface area contributed by atoms with Crippen molar-refractivity contribution < 1.29 is 8.78 Å². The Labute approximate surface area is 148 Å². The topological polar surface area (TPSA) is 43.6 Å². The van der Waals surface area contributed by atoms with Gasteiger partial charge in [0.05, 0.1) is 6.54 Å². The fraction of sp³-hybridized carbons (Fsp3) is 0.250. The second-order valence-corrected chi connectivity index (χ2v) is 6.76. The molecule has 26 heavy (non-hydrogen) atoms. The molecule has 1 aliphatic rings. The van der Waals surface area contributed by atoms with E-state index in [1.54, 1.807) is 12.3 Å². The molecule has 0 saturated heterocycles. The van der Waals surface area contributed by atoms with Gasteiger partial charge in [0.15, 0.2) is 17.3 Å². The van der Waals surface area contributed by atoms with Gasteiger partial charge in [-0.2, -0.15) is 0 Å². The summed E-state index contributed by atoms with van der Waals surface area (Å²) in [6.07, 6.45) is 6.74. The minimum Gasteiger partial charge on any atom is -0.308 e. The van der Waals surface area contributed by atoms with E-state index in [0.717, 1.165) is 41.5 Å². The number of rotatable bonds is 3. The van der Waals surface area contributed by atoms with Crippen LogP contribution in [0, 0.1) is 11.6 Å². The van der Waals surface area contributed by atoms with Crippen LogP contribution in [-0.2, 0) is 6.54 Å². The smallest absolute Gasteiger partial charge is 0.184 e. The number of imidazole rings is 1. The first kappa shape index (κ1) is 15.4. The third-order valence-electron chi connectivity index (χ3n) is 5.23. The quantitative estimate of drug-likeness (QED) is 0.543. The standard InChI is InChI=1S/C20H16F2N4/c21-15-7-6-14-13(8-10-23-18(14)17(15)22)11-26-19(12-3-1-4-12)25-16-5-2-9-24-20(16)26/h2,5-10,12H,1,3-4,11H2. The minimum atomic E-state index is -0.905. The molecule has 6 heteroatoms. The van der Waals surface area contributed by atoms with E-state index < -0.39 is 11.6 Å². The van der Waals surface area contributed by atoms with E-state index in [1.807, 2.05) is 18.2 Å². The lowest BCUT2D eigenvalue weighted by molar-refractivity contribution is 0.391. The molecule has 0 spiro atoms. The van der Waals surface area contributed by atoms with E-state index in [-0.39, 0.29) is 5.52 Å². The molecule has 3 heterocycles. The van der Waals surface area contributed by atoms with Crippen LogP contribution >= 0.6 is 0 Å². The first-order chi connectivity index (χ1) is 12.7. The van der Waals surface area contributed by atoms with Crippen molar-refractivity contribution in [3.05, 3.63) is 65.7 Å². The van der Waals surface area contributed by atoms with Crippen LogP contribution < -0.4 is 0 Å². The third-order valence-corrected chi connectivity index (χ3v) is 5.23. The van der Waals surface area contributed by atoms with Crippen LogP contribution in [0.1, 0.15) is 36.6 Å². The van der Waals surface area contributed by atoms with E-state index in [1.165, 1.54) is 12.6 Å². The molecule has 3 aromatic heterocycles. The average Bonchev–Trinajstić information content (AvgIpc) is 2.95. The van der Waals surface area contributed by atoms with Crippen molar-refractivity contribution in [2.45, 2.75) is 31.7 Å². The number of aromatic nitrogens is 4. The number of benzene rings is 1. The van der Waals surface area contributed by atoms with Gasteiger partial charge in [-0.05, 0) is 48.7 Å². The summed E-state index contributed by atoms with van der Waals surface area (Å²) < 4.78 is 29.8. The Morgan fingerprint density at radius 3 is 2.73 bits per heavy atom. The summed E-state index contributed by atoms with van der Waals surface area (Å²) in [5, 5.41) is 0.615. The predicted octanol–water partition coefficient (Wildman–Crippen LogP) is 4.57. The van der Waals surface area contributed by atoms with Gasteiger partial charge in [0, 0.05) is 23.7 Å². The first-order valence-corrected chi connectivity index (χ1v) is 8.75. The lowest BCUT2D eigenvalue weighted by Crippen LogP contribution is -2.16. The van der Waals surface area contributed by atoms with Crippen LogP contribution in [0.4, 0.5) is 8.78 Å². The first-order valence-electron chi connectivity index (χ1n) is 8.75. The van der Waals surface area contributed by atoms with Crippen molar-refractivity contribution in [2.75, 3.05) is 0 Å². The Hall–Kier alpha value is -2.89. The van der Waals surface area contributed by atoms with Crippen molar-refractivity contribution in [1.82, 2.24) is 19.5 Å². The van der Waals surface area contributed by atoms with Crippen LogP contribution in [0.2, 0.25) is 0 Å². The Morgan fingerprint density at radius 2 is 1.92 bits per heavy atom. The Kier molecular flexibility index (Phi) is 3.45. The number of halogens is 2. The Morgan fingerprint density at radius 1 is 1.04 bits per heavy atom. The maximum absolute atomic E-state index is 14.1. The lowest BCUT2D eigenvalue weighted by Gasteiger charge is -2.25. The van der Waals surface area contributed by atoms with Gasteiger partial charge in [0.1, 0.15) is 16.9 Å². The van der Waals surface area contributed by atoms with Crippen molar-refractivity contribution in [1.29, 1.82) is 0 Å². The zero-order valence-electron chi connectivity index (χ0n) is 14.0. The maximum atomic E-state index is 14.1. The molecule has 0 atom stereocenters. The molecule has 1 aromatic carbocycles. The van der Waals surface area contributed by atoms with Crippen molar-refractivity contribution in [3.8, 4) is 0 Å². The number of hydrogen-bond donors (Lipinski definition) is 0. The molecule has 1 saturated carbocycles. The van der Waals surface area contributed by atoms with Crippen molar-refractivity contribution in [3.63, 3.8) is 0 Å². The predicted molar refractivity (Wildman–Crippen MR) is 94.9 cm³/mol. The van der Waals surface area contributed by atoms with Crippen molar-refractivity contribution >= 4 is 22.1 Å². The SMILES string of the molecule is Fc1ccc2c(Cn3c(C4CCC4)nc4cccnc43)ccnc2c1F. The highest BCUT2D eigenvalue weighted by atomic mass is 19.2. The summed E-state index contributed by atoms with van der Waals surface area (Å²) in [5.41, 5.74) is 2.62. The molecule has 0 N–H and O–H groups in total. The maximum Gasteiger partial charge on any atom is 0.184 e. The number of pyridine rings is 2. The Balaban J connectivity index is 1.68. The lowest BCUT2D eigenvalue weighted by atomic mass is 9.85. The van der Waals surface area contributed by atoms with E-state index in [0.29, 0.717) is 17.8 Å². The minimum absolute atomic E-state index is 0.0603. The van der Waals surface area contributed by atoms with Crippen LogP contribution in [0.5, 0.6) is 0 Å². The van der Waals surface area contributed by atoms with Crippen LogP contribution in [0.3, 0.4) is 0 Å².